The molecule has 0 saturated heterocycles. The Labute approximate surface area is 99.5 Å². The number of ether oxygens (including phenoxy) is 2. The summed E-state index contributed by atoms with van der Waals surface area (Å²) >= 11 is 0. The lowest BCUT2D eigenvalue weighted by atomic mass is 10.2. The molecular weight excluding hydrogens is 222 g/mol. The number of amides is 1. The maximum atomic E-state index is 10.9. The van der Waals surface area contributed by atoms with Crippen molar-refractivity contribution >= 4 is 12.2 Å². The van der Waals surface area contributed by atoms with E-state index < -0.39 is 11.8 Å². The van der Waals surface area contributed by atoms with Crippen LogP contribution in [0.3, 0.4) is 0 Å². The Kier molecular flexibility index (Phi) is 4.51. The Morgan fingerprint density at radius 1 is 1.53 bits per heavy atom. The minimum atomic E-state index is -0.451. The number of hydrogen-bond donors (Lipinski definition) is 1. The van der Waals surface area contributed by atoms with Gasteiger partial charge in [0.1, 0.15) is 0 Å². The fourth-order valence-corrected chi connectivity index (χ4v) is 1.23. The topological polar surface area (TPSA) is 78.6 Å². The molecule has 5 nitrogen and oxygen atoms in total. The summed E-state index contributed by atoms with van der Waals surface area (Å²) in [7, 11) is 1.48. The normalized spacial score (nSPS) is 11.6. The summed E-state index contributed by atoms with van der Waals surface area (Å²) in [5.41, 5.74) is 5.50. The first-order valence-electron chi connectivity index (χ1n) is 5.14. The number of benzene rings is 1. The van der Waals surface area contributed by atoms with Gasteiger partial charge in [-0.15, -0.1) is 0 Å². The molecule has 0 heterocycles. The highest BCUT2D eigenvalue weighted by Gasteiger charge is 2.14. The second kappa shape index (κ2) is 5.89. The van der Waals surface area contributed by atoms with Gasteiger partial charge in [0.05, 0.1) is 25.2 Å². The van der Waals surface area contributed by atoms with E-state index in [1.54, 1.807) is 25.1 Å². The van der Waals surface area contributed by atoms with Gasteiger partial charge in [0.15, 0.2) is 17.8 Å². The van der Waals surface area contributed by atoms with E-state index in [2.05, 4.69) is 0 Å². The van der Waals surface area contributed by atoms with Crippen LogP contribution in [-0.4, -0.2) is 25.9 Å². The van der Waals surface area contributed by atoms with Crippen molar-refractivity contribution in [2.75, 3.05) is 13.7 Å². The van der Waals surface area contributed by atoms with Gasteiger partial charge in [0.2, 0.25) is 5.91 Å². The maximum Gasteiger partial charge on any atom is 0.223 e. The summed E-state index contributed by atoms with van der Waals surface area (Å²) in [6, 6.07) is 4.98. The predicted octanol–water partition coefficient (Wildman–Crippen LogP) is 1.01. The predicted molar refractivity (Wildman–Crippen MR) is 62.2 cm³/mol. The van der Waals surface area contributed by atoms with Gasteiger partial charge >= 0.3 is 0 Å². The third-order valence-electron chi connectivity index (χ3n) is 2.32. The van der Waals surface area contributed by atoms with Crippen molar-refractivity contribution in [3.63, 3.8) is 0 Å². The SMILES string of the molecule is COc1cccc(C=O)c1OCC(C)C(N)=O. The average Bonchev–Trinajstić information content (AvgIpc) is 2.34. The van der Waals surface area contributed by atoms with E-state index in [-0.39, 0.29) is 6.61 Å². The molecule has 1 atom stereocenters. The quantitative estimate of drug-likeness (QED) is 0.749. The largest absolute Gasteiger partial charge is 0.493 e. The molecule has 1 amide bonds. The molecule has 0 aliphatic heterocycles. The van der Waals surface area contributed by atoms with Gasteiger partial charge in [-0.3, -0.25) is 9.59 Å². The highest BCUT2D eigenvalue weighted by atomic mass is 16.5. The molecule has 0 aromatic heterocycles. The van der Waals surface area contributed by atoms with Gasteiger partial charge in [0, 0.05) is 0 Å². The number of para-hydroxylation sites is 1. The monoisotopic (exact) mass is 237 g/mol. The van der Waals surface area contributed by atoms with Crippen molar-refractivity contribution < 1.29 is 19.1 Å². The fourth-order valence-electron chi connectivity index (χ4n) is 1.23. The number of nitrogens with two attached hydrogens (primary N) is 1. The third-order valence-corrected chi connectivity index (χ3v) is 2.32. The van der Waals surface area contributed by atoms with Crippen LogP contribution in [0.4, 0.5) is 0 Å². The molecule has 0 fully saturated rings. The van der Waals surface area contributed by atoms with Gasteiger partial charge in [-0.2, -0.15) is 0 Å². The van der Waals surface area contributed by atoms with Gasteiger partial charge in [-0.1, -0.05) is 13.0 Å². The van der Waals surface area contributed by atoms with Crippen LogP contribution in [0.1, 0.15) is 17.3 Å². The Balaban J connectivity index is 2.88. The molecule has 1 aromatic carbocycles. The van der Waals surface area contributed by atoms with Crippen LogP contribution >= 0.6 is 0 Å². The molecule has 1 aromatic rings. The van der Waals surface area contributed by atoms with Gasteiger partial charge < -0.3 is 15.2 Å². The van der Waals surface area contributed by atoms with Crippen LogP contribution in [0.2, 0.25) is 0 Å². The lowest BCUT2D eigenvalue weighted by Gasteiger charge is -2.14. The Hall–Kier alpha value is -2.04. The fraction of sp³-hybridized carbons (Fsp3) is 0.333. The molecule has 0 aliphatic carbocycles. The molecule has 1 unspecified atom stereocenters. The summed E-state index contributed by atoms with van der Waals surface area (Å²) in [4.78, 5) is 21.7. The van der Waals surface area contributed by atoms with Crippen molar-refractivity contribution in [1.29, 1.82) is 0 Å². The zero-order valence-corrected chi connectivity index (χ0v) is 9.80. The van der Waals surface area contributed by atoms with Crippen molar-refractivity contribution in [2.45, 2.75) is 6.92 Å². The standard InChI is InChI=1S/C12H15NO4/c1-8(12(13)15)7-17-11-9(6-14)4-3-5-10(11)16-2/h3-6,8H,7H2,1-2H3,(H2,13,15). The first-order chi connectivity index (χ1) is 8.10. The number of carbonyl (C=O) groups is 2. The number of methoxy groups -OCH3 is 1. The van der Waals surface area contributed by atoms with Crippen LogP contribution < -0.4 is 15.2 Å². The molecule has 0 saturated carbocycles. The van der Waals surface area contributed by atoms with Crippen LogP contribution in [0.15, 0.2) is 18.2 Å². The molecule has 0 radical (unpaired) electrons. The van der Waals surface area contributed by atoms with E-state index in [1.165, 1.54) is 7.11 Å². The molecule has 92 valence electrons. The van der Waals surface area contributed by atoms with Crippen molar-refractivity contribution in [1.82, 2.24) is 0 Å². The number of hydrogen-bond acceptors (Lipinski definition) is 4. The minimum absolute atomic E-state index is 0.108. The molecule has 0 bridgehead atoms. The molecule has 2 N–H and O–H groups in total. The number of rotatable bonds is 6. The zero-order chi connectivity index (χ0) is 12.8. The molecular formula is C12H15NO4. The highest BCUT2D eigenvalue weighted by molar-refractivity contribution is 5.81. The third kappa shape index (κ3) is 3.21. The maximum absolute atomic E-state index is 10.9. The van der Waals surface area contributed by atoms with Crippen molar-refractivity contribution in [3.05, 3.63) is 23.8 Å². The zero-order valence-electron chi connectivity index (χ0n) is 9.80. The summed E-state index contributed by atoms with van der Waals surface area (Å²) in [6.07, 6.45) is 0.673. The first-order valence-corrected chi connectivity index (χ1v) is 5.14. The number of carbonyl (C=O) groups excluding carboxylic acids is 2. The summed E-state index contributed by atoms with van der Waals surface area (Å²) in [5, 5.41) is 0. The summed E-state index contributed by atoms with van der Waals surface area (Å²) in [5.74, 6) is -0.101. The van der Waals surface area contributed by atoms with Crippen LogP contribution in [0.25, 0.3) is 0 Å². The van der Waals surface area contributed by atoms with Crippen molar-refractivity contribution in [3.8, 4) is 11.5 Å². The van der Waals surface area contributed by atoms with Gasteiger partial charge in [-0.05, 0) is 12.1 Å². The lowest BCUT2D eigenvalue weighted by Crippen LogP contribution is -2.26. The second-order valence-electron chi connectivity index (χ2n) is 3.61. The van der Waals surface area contributed by atoms with Crippen LogP contribution in [-0.2, 0) is 4.79 Å². The Bertz CT molecular complexity index is 417. The second-order valence-corrected chi connectivity index (χ2v) is 3.61. The molecule has 17 heavy (non-hydrogen) atoms. The van der Waals surface area contributed by atoms with Crippen LogP contribution in [0.5, 0.6) is 11.5 Å². The molecule has 0 aliphatic rings. The molecule has 1 rings (SSSR count). The number of aldehydes is 1. The van der Waals surface area contributed by atoms with E-state index in [4.69, 9.17) is 15.2 Å². The Morgan fingerprint density at radius 2 is 2.24 bits per heavy atom. The van der Waals surface area contributed by atoms with E-state index >= 15 is 0 Å². The lowest BCUT2D eigenvalue weighted by molar-refractivity contribution is -0.122. The minimum Gasteiger partial charge on any atom is -0.493 e. The summed E-state index contributed by atoms with van der Waals surface area (Å²) in [6.45, 7) is 1.76. The number of primary amides is 1. The molecule has 0 spiro atoms. The van der Waals surface area contributed by atoms with E-state index in [9.17, 15) is 9.59 Å². The van der Waals surface area contributed by atoms with Gasteiger partial charge in [-0.25, -0.2) is 0 Å². The van der Waals surface area contributed by atoms with Crippen LogP contribution in [0, 0.1) is 5.92 Å². The Morgan fingerprint density at radius 3 is 2.76 bits per heavy atom. The van der Waals surface area contributed by atoms with Gasteiger partial charge in [0.25, 0.3) is 0 Å². The van der Waals surface area contributed by atoms with E-state index in [1.807, 2.05) is 0 Å². The van der Waals surface area contributed by atoms with Crippen molar-refractivity contribution in [2.24, 2.45) is 11.7 Å². The highest BCUT2D eigenvalue weighted by Crippen LogP contribution is 2.30. The summed E-state index contributed by atoms with van der Waals surface area (Å²) < 4.78 is 10.5. The first kappa shape index (κ1) is 13.0. The van der Waals surface area contributed by atoms with E-state index in [0.717, 1.165) is 0 Å². The molecule has 5 heteroatoms. The van der Waals surface area contributed by atoms with E-state index in [0.29, 0.717) is 23.3 Å². The smallest absolute Gasteiger partial charge is 0.223 e. The average molecular weight is 237 g/mol.